The molecule has 2 amide bonds. The topological polar surface area (TPSA) is 80.5 Å². The molecule has 0 N–H and O–H groups in total. The maximum Gasteiger partial charge on any atom is 0.273 e. The number of likely N-dealkylation sites (tertiary alicyclic amines) is 1. The van der Waals surface area contributed by atoms with E-state index in [2.05, 4.69) is 0 Å². The molecule has 19 heavy (non-hydrogen) atoms. The van der Waals surface area contributed by atoms with Crippen LogP contribution in [-0.2, 0) is 9.59 Å². The van der Waals surface area contributed by atoms with Crippen molar-refractivity contribution >= 4 is 17.5 Å². The third-order valence-corrected chi connectivity index (χ3v) is 3.32. The van der Waals surface area contributed by atoms with Crippen LogP contribution in [0.1, 0.15) is 30.4 Å². The highest BCUT2D eigenvalue weighted by molar-refractivity contribution is 6.06. The lowest BCUT2D eigenvalue weighted by Gasteiger charge is -2.12. The average molecular weight is 262 g/mol. The molecule has 0 aliphatic carbocycles. The molecule has 100 valence electrons. The van der Waals surface area contributed by atoms with Gasteiger partial charge in [0.15, 0.2) is 0 Å². The number of carbonyl (C=O) groups is 2. The molecule has 1 heterocycles. The largest absolute Gasteiger partial charge is 0.282 e. The molecule has 6 heteroatoms. The summed E-state index contributed by atoms with van der Waals surface area (Å²) in [5.41, 5.74) is 1.06. The minimum Gasteiger partial charge on any atom is -0.282 e. The molecule has 1 fully saturated rings. The SMILES string of the molecule is CCN1C(=O)CC(c2cc(C)ccc2[N+](=O)[O-])C1=O. The molecule has 0 bridgehead atoms. The lowest BCUT2D eigenvalue weighted by atomic mass is 9.94. The lowest BCUT2D eigenvalue weighted by molar-refractivity contribution is -0.385. The number of aryl methyl sites for hydroxylation is 1. The zero-order chi connectivity index (χ0) is 14.2. The number of amides is 2. The van der Waals surface area contributed by atoms with Crippen LogP contribution >= 0.6 is 0 Å². The maximum atomic E-state index is 12.1. The van der Waals surface area contributed by atoms with Crippen LogP contribution in [0.15, 0.2) is 18.2 Å². The quantitative estimate of drug-likeness (QED) is 0.472. The maximum absolute atomic E-state index is 12.1. The molecule has 0 aromatic heterocycles. The summed E-state index contributed by atoms with van der Waals surface area (Å²) in [7, 11) is 0. The first-order chi connectivity index (χ1) is 8.95. The highest BCUT2D eigenvalue weighted by Crippen LogP contribution is 2.35. The Morgan fingerprint density at radius 3 is 2.63 bits per heavy atom. The molecule has 0 saturated carbocycles. The summed E-state index contributed by atoms with van der Waals surface area (Å²) in [6.45, 7) is 3.81. The second-order valence-electron chi connectivity index (χ2n) is 4.55. The first-order valence-electron chi connectivity index (χ1n) is 6.04. The molecule has 0 spiro atoms. The highest BCUT2D eigenvalue weighted by atomic mass is 16.6. The fourth-order valence-electron chi connectivity index (χ4n) is 2.38. The third-order valence-electron chi connectivity index (χ3n) is 3.32. The van der Waals surface area contributed by atoms with Crippen LogP contribution in [0.2, 0.25) is 0 Å². The fraction of sp³-hybridized carbons (Fsp3) is 0.385. The molecule has 0 radical (unpaired) electrons. The van der Waals surface area contributed by atoms with Crippen LogP contribution in [0.4, 0.5) is 5.69 Å². The van der Waals surface area contributed by atoms with Crippen LogP contribution in [0.3, 0.4) is 0 Å². The minimum atomic E-state index is -0.729. The molecule has 1 unspecified atom stereocenters. The smallest absolute Gasteiger partial charge is 0.273 e. The molecule has 1 aliphatic rings. The summed E-state index contributed by atoms with van der Waals surface area (Å²) < 4.78 is 0. The van der Waals surface area contributed by atoms with E-state index in [4.69, 9.17) is 0 Å². The van der Waals surface area contributed by atoms with E-state index < -0.39 is 10.8 Å². The van der Waals surface area contributed by atoms with Gasteiger partial charge in [-0.25, -0.2) is 0 Å². The summed E-state index contributed by atoms with van der Waals surface area (Å²) >= 11 is 0. The first-order valence-corrected chi connectivity index (χ1v) is 6.04. The number of nitrogens with zero attached hydrogens (tertiary/aromatic N) is 2. The number of nitro benzene ring substituents is 1. The molecule has 6 nitrogen and oxygen atoms in total. The number of carbonyl (C=O) groups excluding carboxylic acids is 2. The molecular weight excluding hydrogens is 248 g/mol. The Balaban J connectivity index is 2.48. The number of likely N-dealkylation sites (N-methyl/N-ethyl adjacent to an activating group) is 1. The number of hydrogen-bond donors (Lipinski definition) is 0. The molecular formula is C13H14N2O4. The third kappa shape index (κ3) is 2.21. The fourth-order valence-corrected chi connectivity index (χ4v) is 2.38. The van der Waals surface area contributed by atoms with Crippen LogP contribution in [-0.4, -0.2) is 28.2 Å². The van der Waals surface area contributed by atoms with Gasteiger partial charge in [-0.1, -0.05) is 11.6 Å². The van der Waals surface area contributed by atoms with Crippen molar-refractivity contribution in [3.05, 3.63) is 39.4 Å². The molecule has 1 aromatic carbocycles. The monoisotopic (exact) mass is 262 g/mol. The van der Waals surface area contributed by atoms with E-state index >= 15 is 0 Å². The van der Waals surface area contributed by atoms with Gasteiger partial charge in [0, 0.05) is 24.6 Å². The first kappa shape index (κ1) is 13.2. The van der Waals surface area contributed by atoms with Gasteiger partial charge in [-0.2, -0.15) is 0 Å². The van der Waals surface area contributed by atoms with Gasteiger partial charge in [0.2, 0.25) is 11.8 Å². The van der Waals surface area contributed by atoms with Crippen molar-refractivity contribution in [2.45, 2.75) is 26.2 Å². The number of hydrogen-bond acceptors (Lipinski definition) is 4. The van der Waals surface area contributed by atoms with E-state index in [0.717, 1.165) is 10.5 Å². The summed E-state index contributed by atoms with van der Waals surface area (Å²) in [6, 6.07) is 4.63. The van der Waals surface area contributed by atoms with E-state index in [9.17, 15) is 19.7 Å². The second-order valence-corrected chi connectivity index (χ2v) is 4.55. The summed E-state index contributed by atoms with van der Waals surface area (Å²) in [5.74, 6) is -1.35. The summed E-state index contributed by atoms with van der Waals surface area (Å²) in [4.78, 5) is 35.5. The van der Waals surface area contributed by atoms with Gasteiger partial charge in [-0.05, 0) is 19.9 Å². The normalized spacial score (nSPS) is 19.1. The number of nitro groups is 1. The Bertz CT molecular complexity index is 568. The summed E-state index contributed by atoms with van der Waals surface area (Å²) in [6.07, 6.45) is 0.0109. The lowest BCUT2D eigenvalue weighted by Crippen LogP contribution is -2.29. The van der Waals surface area contributed by atoms with Gasteiger partial charge in [0.1, 0.15) is 0 Å². The van der Waals surface area contributed by atoms with E-state index in [1.54, 1.807) is 26.0 Å². The van der Waals surface area contributed by atoms with E-state index in [1.165, 1.54) is 6.07 Å². The van der Waals surface area contributed by atoms with Crippen molar-refractivity contribution in [2.24, 2.45) is 0 Å². The zero-order valence-electron chi connectivity index (χ0n) is 10.8. The summed E-state index contributed by atoms with van der Waals surface area (Å²) in [5, 5.41) is 11.0. The molecule has 1 aromatic rings. The van der Waals surface area contributed by atoms with E-state index in [0.29, 0.717) is 12.1 Å². The van der Waals surface area contributed by atoms with Gasteiger partial charge in [0.25, 0.3) is 5.69 Å². The Morgan fingerprint density at radius 1 is 1.42 bits per heavy atom. The molecule has 1 aliphatic heterocycles. The van der Waals surface area contributed by atoms with Gasteiger partial charge in [0.05, 0.1) is 10.8 Å². The van der Waals surface area contributed by atoms with Crippen molar-refractivity contribution in [3.8, 4) is 0 Å². The second kappa shape index (κ2) is 4.79. The number of rotatable bonds is 3. The minimum absolute atomic E-state index is 0.0109. The van der Waals surface area contributed by atoms with Crippen molar-refractivity contribution in [3.63, 3.8) is 0 Å². The van der Waals surface area contributed by atoms with Crippen molar-refractivity contribution < 1.29 is 14.5 Å². The van der Waals surface area contributed by atoms with Crippen molar-refractivity contribution in [1.29, 1.82) is 0 Å². The van der Waals surface area contributed by atoms with E-state index in [-0.39, 0.29) is 23.9 Å². The molecule has 1 atom stereocenters. The number of benzene rings is 1. The Labute approximate surface area is 110 Å². The van der Waals surface area contributed by atoms with Gasteiger partial charge in [-0.3, -0.25) is 24.6 Å². The zero-order valence-corrected chi connectivity index (χ0v) is 10.8. The van der Waals surface area contributed by atoms with Gasteiger partial charge in [-0.15, -0.1) is 0 Å². The van der Waals surface area contributed by atoms with Crippen LogP contribution in [0.25, 0.3) is 0 Å². The standard InChI is InChI=1S/C13H14N2O4/c1-3-14-12(16)7-10(13(14)17)9-6-8(2)4-5-11(9)15(18)19/h4-6,10H,3,7H2,1-2H3. The van der Waals surface area contributed by atoms with Crippen molar-refractivity contribution in [2.75, 3.05) is 6.54 Å². The molecule has 1 saturated heterocycles. The Hall–Kier alpha value is -2.24. The van der Waals surface area contributed by atoms with Crippen LogP contribution in [0, 0.1) is 17.0 Å². The van der Waals surface area contributed by atoms with Gasteiger partial charge >= 0.3 is 0 Å². The van der Waals surface area contributed by atoms with Crippen LogP contribution in [0.5, 0.6) is 0 Å². The predicted octanol–water partition coefficient (Wildman–Crippen LogP) is 1.77. The average Bonchev–Trinajstić information content (AvgIpc) is 2.63. The Morgan fingerprint density at radius 2 is 2.11 bits per heavy atom. The van der Waals surface area contributed by atoms with E-state index in [1.807, 2.05) is 0 Å². The predicted molar refractivity (Wildman–Crippen MR) is 67.6 cm³/mol. The highest BCUT2D eigenvalue weighted by Gasteiger charge is 2.41. The number of imide groups is 1. The van der Waals surface area contributed by atoms with Gasteiger partial charge < -0.3 is 0 Å². The Kier molecular flexibility index (Phi) is 3.33. The molecule has 2 rings (SSSR count). The van der Waals surface area contributed by atoms with Crippen LogP contribution < -0.4 is 0 Å². The van der Waals surface area contributed by atoms with Crippen molar-refractivity contribution in [1.82, 2.24) is 4.90 Å².